The fourth-order valence-electron chi connectivity index (χ4n) is 2.76. The number of carbonyl (C=O) groups excluding carboxylic acids is 1. The van der Waals surface area contributed by atoms with Crippen molar-refractivity contribution in [2.75, 3.05) is 26.3 Å². The zero-order valence-corrected chi connectivity index (χ0v) is 13.8. The summed E-state index contributed by atoms with van der Waals surface area (Å²) in [5.74, 6) is 0.284. The van der Waals surface area contributed by atoms with Gasteiger partial charge in [0.15, 0.2) is 0 Å². The van der Waals surface area contributed by atoms with Gasteiger partial charge in [0.05, 0.1) is 0 Å². The van der Waals surface area contributed by atoms with Crippen LogP contribution in [-0.4, -0.2) is 37.1 Å². The van der Waals surface area contributed by atoms with Crippen LogP contribution in [0.1, 0.15) is 37.8 Å². The van der Waals surface area contributed by atoms with E-state index >= 15 is 0 Å². The average molecular weight is 304 g/mol. The maximum atomic E-state index is 12.1. The summed E-state index contributed by atoms with van der Waals surface area (Å²) >= 11 is 0. The highest BCUT2D eigenvalue weighted by Gasteiger charge is 2.20. The van der Waals surface area contributed by atoms with E-state index in [1.807, 2.05) is 0 Å². The summed E-state index contributed by atoms with van der Waals surface area (Å²) in [6, 6.07) is 8.55. The molecule has 122 valence electrons. The van der Waals surface area contributed by atoms with Crippen LogP contribution in [0.25, 0.3) is 0 Å². The van der Waals surface area contributed by atoms with Gasteiger partial charge in [-0.25, -0.2) is 0 Å². The highest BCUT2D eigenvalue weighted by Crippen LogP contribution is 2.15. The van der Waals surface area contributed by atoms with Crippen LogP contribution in [0.2, 0.25) is 0 Å². The van der Waals surface area contributed by atoms with Crippen molar-refractivity contribution < 1.29 is 9.53 Å². The van der Waals surface area contributed by atoms with Crippen LogP contribution in [0.15, 0.2) is 24.3 Å². The first-order valence-electron chi connectivity index (χ1n) is 8.38. The Morgan fingerprint density at radius 2 is 1.73 bits per heavy atom. The molecule has 1 heterocycles. The Bertz CT molecular complexity index is 449. The van der Waals surface area contributed by atoms with E-state index in [2.05, 4.69) is 48.3 Å². The van der Waals surface area contributed by atoms with Crippen LogP contribution >= 0.6 is 0 Å². The molecule has 1 N–H and O–H groups in total. The second kappa shape index (κ2) is 8.91. The molecule has 2 rings (SSSR count). The van der Waals surface area contributed by atoms with E-state index in [-0.39, 0.29) is 11.8 Å². The van der Waals surface area contributed by atoms with E-state index in [9.17, 15) is 4.79 Å². The molecular formula is C18H28N2O2. The van der Waals surface area contributed by atoms with E-state index in [1.54, 1.807) is 0 Å². The molecule has 1 saturated heterocycles. The second-order valence-corrected chi connectivity index (χ2v) is 5.88. The maximum Gasteiger partial charge on any atom is 0.223 e. The zero-order valence-electron chi connectivity index (χ0n) is 13.8. The lowest BCUT2D eigenvalue weighted by Crippen LogP contribution is -2.33. The van der Waals surface area contributed by atoms with Crippen LogP contribution in [0.4, 0.5) is 0 Å². The van der Waals surface area contributed by atoms with Crippen LogP contribution in [0.3, 0.4) is 0 Å². The average Bonchev–Trinajstić information content (AvgIpc) is 2.59. The summed E-state index contributed by atoms with van der Waals surface area (Å²) in [5.41, 5.74) is 2.48. The predicted molar refractivity (Wildman–Crippen MR) is 88.5 cm³/mol. The summed E-state index contributed by atoms with van der Waals surface area (Å²) in [6.45, 7) is 9.52. The fourth-order valence-corrected chi connectivity index (χ4v) is 2.76. The molecule has 0 aliphatic carbocycles. The monoisotopic (exact) mass is 304 g/mol. The Hall–Kier alpha value is -1.39. The van der Waals surface area contributed by atoms with Gasteiger partial charge in [-0.1, -0.05) is 38.1 Å². The highest BCUT2D eigenvalue weighted by molar-refractivity contribution is 5.78. The number of hydrogen-bond acceptors (Lipinski definition) is 3. The number of hydrogen-bond donors (Lipinski definition) is 1. The number of carbonyl (C=O) groups is 1. The Morgan fingerprint density at radius 1 is 1.14 bits per heavy atom. The van der Waals surface area contributed by atoms with Crippen molar-refractivity contribution in [2.24, 2.45) is 5.92 Å². The molecule has 0 spiro atoms. The van der Waals surface area contributed by atoms with Gasteiger partial charge < -0.3 is 10.1 Å². The summed E-state index contributed by atoms with van der Waals surface area (Å²) in [6.07, 6.45) is 1.68. The predicted octanol–water partition coefficient (Wildman–Crippen LogP) is 2.57. The standard InChI is InChI=1S/C18H28N2O2/c1-3-20(4-2)14-16-7-5-15(6-8-16)13-19-18(21)17-9-11-22-12-10-17/h5-8,17H,3-4,9-14H2,1-2H3,(H,19,21). The maximum absolute atomic E-state index is 12.1. The lowest BCUT2D eigenvalue weighted by molar-refractivity contribution is -0.128. The summed E-state index contributed by atoms with van der Waals surface area (Å²) in [5, 5.41) is 3.05. The van der Waals surface area contributed by atoms with Gasteiger partial charge in [0, 0.05) is 32.2 Å². The van der Waals surface area contributed by atoms with Gasteiger partial charge >= 0.3 is 0 Å². The quantitative estimate of drug-likeness (QED) is 0.842. The van der Waals surface area contributed by atoms with Gasteiger partial charge in [-0.2, -0.15) is 0 Å². The van der Waals surface area contributed by atoms with Crippen molar-refractivity contribution >= 4 is 5.91 Å². The van der Waals surface area contributed by atoms with E-state index in [0.29, 0.717) is 19.8 Å². The number of benzene rings is 1. The van der Waals surface area contributed by atoms with Gasteiger partial charge in [0.25, 0.3) is 0 Å². The molecule has 0 bridgehead atoms. The Labute approximate surface area is 133 Å². The smallest absolute Gasteiger partial charge is 0.223 e. The van der Waals surface area contributed by atoms with Crippen molar-refractivity contribution in [1.29, 1.82) is 0 Å². The minimum absolute atomic E-state index is 0.121. The molecule has 0 unspecified atom stereocenters. The molecule has 4 nitrogen and oxygen atoms in total. The van der Waals surface area contributed by atoms with E-state index in [4.69, 9.17) is 4.74 Å². The highest BCUT2D eigenvalue weighted by atomic mass is 16.5. The Kier molecular flexibility index (Phi) is 6.87. The molecule has 0 atom stereocenters. The number of ether oxygens (including phenoxy) is 1. The van der Waals surface area contributed by atoms with Gasteiger partial charge in [0.2, 0.25) is 5.91 Å². The SMILES string of the molecule is CCN(CC)Cc1ccc(CNC(=O)C2CCOCC2)cc1. The molecule has 22 heavy (non-hydrogen) atoms. The van der Waals surface area contributed by atoms with Crippen molar-refractivity contribution in [3.05, 3.63) is 35.4 Å². The first-order valence-corrected chi connectivity index (χ1v) is 8.38. The minimum atomic E-state index is 0.121. The van der Waals surface area contributed by atoms with Gasteiger partial charge in [0.1, 0.15) is 0 Å². The van der Waals surface area contributed by atoms with E-state index in [1.165, 1.54) is 5.56 Å². The van der Waals surface area contributed by atoms with Gasteiger partial charge in [-0.15, -0.1) is 0 Å². The van der Waals surface area contributed by atoms with Gasteiger partial charge in [-0.05, 0) is 37.1 Å². The summed E-state index contributed by atoms with van der Waals surface area (Å²) in [7, 11) is 0. The number of nitrogens with one attached hydrogen (secondary N) is 1. The third-order valence-corrected chi connectivity index (χ3v) is 4.38. The lowest BCUT2D eigenvalue weighted by Gasteiger charge is -2.21. The van der Waals surface area contributed by atoms with E-state index in [0.717, 1.165) is 38.0 Å². The number of nitrogens with zero attached hydrogens (tertiary/aromatic N) is 1. The number of rotatable bonds is 7. The van der Waals surface area contributed by atoms with Crippen LogP contribution < -0.4 is 5.32 Å². The minimum Gasteiger partial charge on any atom is -0.381 e. The first kappa shape index (κ1) is 17.0. The molecule has 0 saturated carbocycles. The van der Waals surface area contributed by atoms with Crippen LogP contribution in [-0.2, 0) is 22.6 Å². The Morgan fingerprint density at radius 3 is 2.32 bits per heavy atom. The molecule has 1 aromatic rings. The van der Waals surface area contributed by atoms with Crippen molar-refractivity contribution in [3.63, 3.8) is 0 Å². The third kappa shape index (κ3) is 5.11. The van der Waals surface area contributed by atoms with Crippen molar-refractivity contribution in [2.45, 2.75) is 39.8 Å². The Balaban J connectivity index is 1.79. The van der Waals surface area contributed by atoms with Gasteiger partial charge in [-0.3, -0.25) is 9.69 Å². The van der Waals surface area contributed by atoms with Crippen LogP contribution in [0, 0.1) is 5.92 Å². The fraction of sp³-hybridized carbons (Fsp3) is 0.611. The molecule has 1 aromatic carbocycles. The zero-order chi connectivity index (χ0) is 15.8. The molecule has 0 radical (unpaired) electrons. The van der Waals surface area contributed by atoms with Crippen LogP contribution in [0.5, 0.6) is 0 Å². The molecule has 1 aliphatic rings. The molecular weight excluding hydrogens is 276 g/mol. The summed E-state index contributed by atoms with van der Waals surface area (Å²) in [4.78, 5) is 14.5. The molecule has 4 heteroatoms. The molecule has 1 fully saturated rings. The topological polar surface area (TPSA) is 41.6 Å². The van der Waals surface area contributed by atoms with Crippen molar-refractivity contribution in [3.8, 4) is 0 Å². The first-order chi connectivity index (χ1) is 10.7. The second-order valence-electron chi connectivity index (χ2n) is 5.88. The van der Waals surface area contributed by atoms with E-state index < -0.39 is 0 Å². The largest absolute Gasteiger partial charge is 0.381 e. The van der Waals surface area contributed by atoms with Crippen molar-refractivity contribution in [1.82, 2.24) is 10.2 Å². The normalized spacial score (nSPS) is 16.0. The molecule has 0 aromatic heterocycles. The molecule has 1 amide bonds. The lowest BCUT2D eigenvalue weighted by atomic mass is 9.99. The molecule has 1 aliphatic heterocycles. The summed E-state index contributed by atoms with van der Waals surface area (Å²) < 4.78 is 5.29. The third-order valence-electron chi connectivity index (χ3n) is 4.38. The number of amides is 1.